The molecule has 1 aliphatic rings. The molecule has 1 fully saturated rings. The zero-order valence-corrected chi connectivity index (χ0v) is 17.1. The van der Waals surface area contributed by atoms with Gasteiger partial charge in [0.15, 0.2) is 11.5 Å². The minimum absolute atomic E-state index is 0.0300. The predicted octanol–water partition coefficient (Wildman–Crippen LogP) is 3.53. The fourth-order valence-corrected chi connectivity index (χ4v) is 3.88. The fourth-order valence-electron chi connectivity index (χ4n) is 3.88. The smallest absolute Gasteiger partial charge is 0.227 e. The summed E-state index contributed by atoms with van der Waals surface area (Å²) < 4.78 is 10.5. The van der Waals surface area contributed by atoms with E-state index in [0.29, 0.717) is 24.6 Å². The first-order chi connectivity index (χ1) is 14.6. The van der Waals surface area contributed by atoms with Gasteiger partial charge in [-0.3, -0.25) is 9.59 Å². The van der Waals surface area contributed by atoms with E-state index in [1.807, 2.05) is 60.7 Å². The number of rotatable bonds is 6. The summed E-state index contributed by atoms with van der Waals surface area (Å²) >= 11 is 0. The van der Waals surface area contributed by atoms with Gasteiger partial charge < -0.3 is 19.7 Å². The van der Waals surface area contributed by atoms with Gasteiger partial charge in [0.25, 0.3) is 0 Å². The average Bonchev–Trinajstić information content (AvgIpc) is 3.18. The largest absolute Gasteiger partial charge is 0.493 e. The Kier molecular flexibility index (Phi) is 5.57. The highest BCUT2D eigenvalue weighted by Gasteiger charge is 2.35. The number of carbonyl (C=O) groups is 2. The van der Waals surface area contributed by atoms with Crippen LogP contribution in [0.1, 0.15) is 12.0 Å². The molecule has 0 aliphatic carbocycles. The van der Waals surface area contributed by atoms with E-state index < -0.39 is 0 Å². The van der Waals surface area contributed by atoms with Gasteiger partial charge in [0.2, 0.25) is 11.8 Å². The number of nitrogens with zero attached hydrogens (tertiary/aromatic N) is 1. The first kappa shape index (κ1) is 19.8. The molecule has 30 heavy (non-hydrogen) atoms. The molecule has 3 aromatic rings. The lowest BCUT2D eigenvalue weighted by atomic mass is 10.1. The first-order valence-corrected chi connectivity index (χ1v) is 9.87. The predicted molar refractivity (Wildman–Crippen MR) is 116 cm³/mol. The summed E-state index contributed by atoms with van der Waals surface area (Å²) in [5.74, 6) is 0.720. The van der Waals surface area contributed by atoms with Gasteiger partial charge in [0, 0.05) is 24.9 Å². The molecule has 154 valence electrons. The Hall–Kier alpha value is -3.54. The average molecular weight is 404 g/mol. The van der Waals surface area contributed by atoms with E-state index in [1.165, 1.54) is 0 Å². The van der Waals surface area contributed by atoms with Crippen molar-refractivity contribution >= 4 is 28.3 Å². The number of fused-ring (bicyclic) bond motifs is 1. The van der Waals surface area contributed by atoms with Crippen LogP contribution in [0.3, 0.4) is 0 Å². The molecule has 0 saturated carbocycles. The van der Waals surface area contributed by atoms with E-state index in [1.54, 1.807) is 19.1 Å². The molecule has 1 saturated heterocycles. The second-order valence-corrected chi connectivity index (χ2v) is 7.31. The molecule has 0 spiro atoms. The Morgan fingerprint density at radius 3 is 2.60 bits per heavy atom. The van der Waals surface area contributed by atoms with Crippen LogP contribution in [-0.2, 0) is 16.1 Å². The summed E-state index contributed by atoms with van der Waals surface area (Å²) in [5, 5.41) is 5.03. The molecule has 2 amide bonds. The number of hydrogen-bond acceptors (Lipinski definition) is 4. The van der Waals surface area contributed by atoms with Crippen molar-refractivity contribution in [1.29, 1.82) is 0 Å². The number of carbonyl (C=O) groups excluding carboxylic acids is 2. The van der Waals surface area contributed by atoms with E-state index in [-0.39, 0.29) is 24.2 Å². The number of nitrogens with one attached hydrogen (secondary N) is 1. The summed E-state index contributed by atoms with van der Waals surface area (Å²) in [7, 11) is 3.16. The van der Waals surface area contributed by atoms with Gasteiger partial charge in [-0.05, 0) is 29.1 Å². The zero-order chi connectivity index (χ0) is 21.1. The third-order valence-corrected chi connectivity index (χ3v) is 5.47. The molecule has 0 unspecified atom stereocenters. The van der Waals surface area contributed by atoms with Crippen molar-refractivity contribution in [2.75, 3.05) is 25.7 Å². The van der Waals surface area contributed by atoms with Crippen LogP contribution < -0.4 is 19.7 Å². The molecule has 0 aromatic heterocycles. The molecule has 1 heterocycles. The van der Waals surface area contributed by atoms with Crippen LogP contribution in [0, 0.1) is 5.92 Å². The van der Waals surface area contributed by atoms with Crippen molar-refractivity contribution in [2.45, 2.75) is 13.0 Å². The third-order valence-electron chi connectivity index (χ3n) is 5.47. The maximum atomic E-state index is 12.7. The molecule has 6 heteroatoms. The quantitative estimate of drug-likeness (QED) is 0.683. The second kappa shape index (κ2) is 8.45. The molecular formula is C24H24N2O4. The highest BCUT2D eigenvalue weighted by Crippen LogP contribution is 2.32. The van der Waals surface area contributed by atoms with Crippen molar-refractivity contribution < 1.29 is 19.1 Å². The van der Waals surface area contributed by atoms with Crippen molar-refractivity contribution in [3.63, 3.8) is 0 Å². The van der Waals surface area contributed by atoms with E-state index in [9.17, 15) is 9.59 Å². The molecule has 1 aliphatic heterocycles. The minimum Gasteiger partial charge on any atom is -0.493 e. The number of amides is 2. The molecule has 3 aromatic carbocycles. The van der Waals surface area contributed by atoms with Gasteiger partial charge in [0.1, 0.15) is 0 Å². The Morgan fingerprint density at radius 2 is 1.80 bits per heavy atom. The van der Waals surface area contributed by atoms with Crippen LogP contribution in [0.4, 0.5) is 5.69 Å². The molecule has 1 atom stereocenters. The Morgan fingerprint density at radius 1 is 1.03 bits per heavy atom. The van der Waals surface area contributed by atoms with E-state index in [2.05, 4.69) is 5.32 Å². The van der Waals surface area contributed by atoms with Crippen molar-refractivity contribution in [2.24, 2.45) is 5.92 Å². The van der Waals surface area contributed by atoms with Gasteiger partial charge in [-0.25, -0.2) is 0 Å². The SMILES string of the molecule is COc1ccc(CNC(=O)[C@H]2CC(=O)N(c3cccc4ccccc34)C2)cc1OC. The number of methoxy groups -OCH3 is 2. The van der Waals surface area contributed by atoms with Crippen molar-refractivity contribution in [1.82, 2.24) is 5.32 Å². The number of benzene rings is 3. The minimum atomic E-state index is -0.378. The van der Waals surface area contributed by atoms with Crippen LogP contribution in [0.25, 0.3) is 10.8 Å². The highest BCUT2D eigenvalue weighted by atomic mass is 16.5. The van der Waals surface area contributed by atoms with Crippen molar-refractivity contribution in [3.8, 4) is 11.5 Å². The summed E-state index contributed by atoms with van der Waals surface area (Å²) in [6.07, 6.45) is 0.209. The lowest BCUT2D eigenvalue weighted by Gasteiger charge is -2.19. The summed E-state index contributed by atoms with van der Waals surface area (Å²) in [6, 6.07) is 19.4. The Bertz CT molecular complexity index is 1090. The number of hydrogen-bond donors (Lipinski definition) is 1. The molecule has 0 radical (unpaired) electrons. The van der Waals surface area contributed by atoms with Gasteiger partial charge >= 0.3 is 0 Å². The maximum Gasteiger partial charge on any atom is 0.227 e. The normalized spacial score (nSPS) is 16.0. The summed E-state index contributed by atoms with van der Waals surface area (Å²) in [4.78, 5) is 27.1. The first-order valence-electron chi connectivity index (χ1n) is 9.87. The highest BCUT2D eigenvalue weighted by molar-refractivity contribution is 6.06. The maximum absolute atomic E-state index is 12.7. The van der Waals surface area contributed by atoms with E-state index in [4.69, 9.17) is 9.47 Å². The fraction of sp³-hybridized carbons (Fsp3) is 0.250. The van der Waals surface area contributed by atoms with Crippen LogP contribution >= 0.6 is 0 Å². The lowest BCUT2D eigenvalue weighted by Crippen LogP contribution is -2.32. The molecule has 4 rings (SSSR count). The van der Waals surface area contributed by atoms with Crippen LogP contribution in [0.5, 0.6) is 11.5 Å². The molecule has 6 nitrogen and oxygen atoms in total. The topological polar surface area (TPSA) is 67.9 Å². The van der Waals surface area contributed by atoms with Gasteiger partial charge in [-0.15, -0.1) is 0 Å². The number of anilines is 1. The molecular weight excluding hydrogens is 380 g/mol. The van der Waals surface area contributed by atoms with Crippen LogP contribution in [0.15, 0.2) is 60.7 Å². The summed E-state index contributed by atoms with van der Waals surface area (Å²) in [6.45, 7) is 0.739. The number of ether oxygens (including phenoxy) is 2. The third kappa shape index (κ3) is 3.81. The van der Waals surface area contributed by atoms with Crippen molar-refractivity contribution in [3.05, 3.63) is 66.2 Å². The van der Waals surface area contributed by atoms with Gasteiger partial charge in [0.05, 0.1) is 25.8 Å². The summed E-state index contributed by atoms with van der Waals surface area (Å²) in [5.41, 5.74) is 1.75. The second-order valence-electron chi connectivity index (χ2n) is 7.31. The van der Waals surface area contributed by atoms with Gasteiger partial charge in [-0.2, -0.15) is 0 Å². The van der Waals surface area contributed by atoms with Crippen LogP contribution in [-0.4, -0.2) is 32.6 Å². The van der Waals surface area contributed by atoms with E-state index in [0.717, 1.165) is 22.0 Å². The monoisotopic (exact) mass is 404 g/mol. The Labute approximate surface area is 175 Å². The zero-order valence-electron chi connectivity index (χ0n) is 17.1. The van der Waals surface area contributed by atoms with E-state index >= 15 is 0 Å². The van der Waals surface area contributed by atoms with Crippen LogP contribution in [0.2, 0.25) is 0 Å². The Balaban J connectivity index is 1.44. The molecule has 1 N–H and O–H groups in total. The standard InChI is InChI=1S/C24H24N2O4/c1-29-21-11-10-16(12-22(21)30-2)14-25-24(28)18-13-23(27)26(15-18)20-9-5-7-17-6-3-4-8-19(17)20/h3-12,18H,13-15H2,1-2H3,(H,25,28)/t18-/m0/s1. The van der Waals surface area contributed by atoms with Gasteiger partial charge in [-0.1, -0.05) is 42.5 Å². The molecule has 0 bridgehead atoms. The lowest BCUT2D eigenvalue weighted by molar-refractivity contribution is -0.126.